The standard InChI is InChI=1S/C7H10N2O3/c1-5(2)12-7(11)9-4-3-8-6(9)10/h3-5H,1-2H3,(H,8,10). The number of hydrogen-bond donors (Lipinski definition) is 1. The van der Waals surface area contributed by atoms with Crippen LogP contribution in [0.15, 0.2) is 17.2 Å². The smallest absolute Gasteiger partial charge is 0.422 e. The van der Waals surface area contributed by atoms with Gasteiger partial charge >= 0.3 is 11.8 Å². The van der Waals surface area contributed by atoms with Crippen LogP contribution in [-0.2, 0) is 4.74 Å². The van der Waals surface area contributed by atoms with Gasteiger partial charge in [-0.1, -0.05) is 0 Å². The second-order valence-electron chi connectivity index (χ2n) is 2.57. The lowest BCUT2D eigenvalue weighted by Gasteiger charge is -2.06. The second kappa shape index (κ2) is 3.25. The molecule has 1 N–H and O–H groups in total. The SMILES string of the molecule is CC(C)OC(=O)n1cc[nH]c1=O. The van der Waals surface area contributed by atoms with E-state index in [2.05, 4.69) is 4.98 Å². The first-order chi connectivity index (χ1) is 5.61. The summed E-state index contributed by atoms with van der Waals surface area (Å²) in [6.45, 7) is 3.44. The van der Waals surface area contributed by atoms with Gasteiger partial charge in [0.2, 0.25) is 0 Å². The third-order valence-electron chi connectivity index (χ3n) is 1.18. The van der Waals surface area contributed by atoms with Gasteiger partial charge in [0.15, 0.2) is 0 Å². The van der Waals surface area contributed by atoms with E-state index in [0.29, 0.717) is 0 Å². The molecule has 1 aromatic rings. The van der Waals surface area contributed by atoms with Crippen molar-refractivity contribution in [2.24, 2.45) is 0 Å². The third kappa shape index (κ3) is 1.75. The molecule has 5 nitrogen and oxygen atoms in total. The van der Waals surface area contributed by atoms with Crippen LogP contribution in [0.4, 0.5) is 4.79 Å². The fraction of sp³-hybridized carbons (Fsp3) is 0.429. The predicted molar refractivity (Wildman–Crippen MR) is 42.1 cm³/mol. The molecule has 5 heteroatoms. The van der Waals surface area contributed by atoms with Gasteiger partial charge in [0.25, 0.3) is 0 Å². The van der Waals surface area contributed by atoms with Gasteiger partial charge in [-0.2, -0.15) is 0 Å². The molecular weight excluding hydrogens is 160 g/mol. The Labute approximate surface area is 69.0 Å². The van der Waals surface area contributed by atoms with Gasteiger partial charge in [0.05, 0.1) is 6.10 Å². The van der Waals surface area contributed by atoms with E-state index < -0.39 is 11.8 Å². The summed E-state index contributed by atoms with van der Waals surface area (Å²) in [5.74, 6) is 0. The van der Waals surface area contributed by atoms with Gasteiger partial charge in [-0.3, -0.25) is 0 Å². The molecule has 0 amide bonds. The van der Waals surface area contributed by atoms with Crippen LogP contribution in [0.2, 0.25) is 0 Å². The van der Waals surface area contributed by atoms with Crippen LogP contribution < -0.4 is 5.69 Å². The molecule has 0 aromatic carbocycles. The summed E-state index contributed by atoms with van der Waals surface area (Å²) >= 11 is 0. The summed E-state index contributed by atoms with van der Waals surface area (Å²) in [5, 5.41) is 0. The minimum atomic E-state index is -0.656. The Kier molecular flexibility index (Phi) is 2.32. The quantitative estimate of drug-likeness (QED) is 0.670. The predicted octanol–water partition coefficient (Wildman–Crippen LogP) is 0.569. The number of imidazole rings is 1. The van der Waals surface area contributed by atoms with Gasteiger partial charge < -0.3 is 9.72 Å². The Morgan fingerprint density at radius 2 is 2.33 bits per heavy atom. The van der Waals surface area contributed by atoms with Crippen LogP contribution >= 0.6 is 0 Å². The highest BCUT2D eigenvalue weighted by atomic mass is 16.6. The van der Waals surface area contributed by atoms with Crippen LogP contribution in [0.3, 0.4) is 0 Å². The molecule has 66 valence electrons. The van der Waals surface area contributed by atoms with E-state index in [4.69, 9.17) is 4.74 Å². The van der Waals surface area contributed by atoms with E-state index >= 15 is 0 Å². The molecule has 0 radical (unpaired) electrons. The van der Waals surface area contributed by atoms with E-state index in [1.807, 2.05) is 0 Å². The third-order valence-corrected chi connectivity index (χ3v) is 1.18. The Morgan fingerprint density at radius 3 is 2.75 bits per heavy atom. The van der Waals surface area contributed by atoms with Crippen molar-refractivity contribution in [3.05, 3.63) is 22.9 Å². The van der Waals surface area contributed by atoms with E-state index in [0.717, 1.165) is 4.57 Å². The molecule has 0 spiro atoms. The summed E-state index contributed by atoms with van der Waals surface area (Å²) < 4.78 is 5.65. The van der Waals surface area contributed by atoms with Crippen LogP contribution in [0.1, 0.15) is 13.8 Å². The van der Waals surface area contributed by atoms with Crippen LogP contribution in [0.5, 0.6) is 0 Å². The summed E-state index contributed by atoms with van der Waals surface area (Å²) in [7, 11) is 0. The molecule has 0 aliphatic heterocycles. The normalized spacial score (nSPS) is 10.2. The summed E-state index contributed by atoms with van der Waals surface area (Å²) in [5.41, 5.74) is -0.486. The Bertz CT molecular complexity index is 323. The van der Waals surface area contributed by atoms with E-state index in [1.165, 1.54) is 12.4 Å². The summed E-state index contributed by atoms with van der Waals surface area (Å²) in [6, 6.07) is 0. The largest absolute Gasteiger partial charge is 0.446 e. The van der Waals surface area contributed by atoms with E-state index in [1.54, 1.807) is 13.8 Å². The maximum absolute atomic E-state index is 11.1. The topological polar surface area (TPSA) is 64.1 Å². The molecule has 0 atom stereocenters. The maximum atomic E-state index is 11.1. The Balaban J connectivity index is 2.79. The zero-order valence-electron chi connectivity index (χ0n) is 6.90. The molecule has 1 rings (SSSR count). The number of aromatic nitrogens is 2. The van der Waals surface area contributed by atoms with Crippen molar-refractivity contribution in [3.8, 4) is 0 Å². The second-order valence-corrected chi connectivity index (χ2v) is 2.57. The highest BCUT2D eigenvalue weighted by Gasteiger charge is 2.09. The van der Waals surface area contributed by atoms with Crippen LogP contribution in [0, 0.1) is 0 Å². The highest BCUT2D eigenvalue weighted by Crippen LogP contribution is 1.91. The lowest BCUT2D eigenvalue weighted by Crippen LogP contribution is -2.26. The number of rotatable bonds is 1. The molecule has 1 aromatic heterocycles. The molecule has 0 bridgehead atoms. The molecule has 12 heavy (non-hydrogen) atoms. The van der Waals surface area contributed by atoms with Crippen LogP contribution in [-0.4, -0.2) is 21.7 Å². The maximum Gasteiger partial charge on any atom is 0.422 e. The summed E-state index contributed by atoms with van der Waals surface area (Å²) in [6.07, 6.45) is 1.83. The van der Waals surface area contributed by atoms with Gasteiger partial charge in [-0.05, 0) is 13.8 Å². The molecule has 0 saturated heterocycles. The van der Waals surface area contributed by atoms with Crippen molar-refractivity contribution >= 4 is 6.09 Å². The lowest BCUT2D eigenvalue weighted by atomic mass is 10.5. The number of nitrogens with zero attached hydrogens (tertiary/aromatic N) is 1. The number of carbonyl (C=O) groups excluding carboxylic acids is 1. The zero-order valence-corrected chi connectivity index (χ0v) is 6.90. The summed E-state index contributed by atoms with van der Waals surface area (Å²) in [4.78, 5) is 24.2. The number of nitrogens with one attached hydrogen (secondary N) is 1. The fourth-order valence-corrected chi connectivity index (χ4v) is 0.723. The van der Waals surface area contributed by atoms with Crippen molar-refractivity contribution in [1.29, 1.82) is 0 Å². The van der Waals surface area contributed by atoms with Crippen molar-refractivity contribution < 1.29 is 9.53 Å². The van der Waals surface area contributed by atoms with Crippen molar-refractivity contribution in [2.45, 2.75) is 20.0 Å². The molecular formula is C7H10N2O3. The Hall–Kier alpha value is -1.52. The van der Waals surface area contributed by atoms with Gasteiger partial charge in [0.1, 0.15) is 0 Å². The van der Waals surface area contributed by atoms with Crippen LogP contribution in [0.25, 0.3) is 0 Å². The lowest BCUT2D eigenvalue weighted by molar-refractivity contribution is 0.116. The minimum Gasteiger partial charge on any atom is -0.446 e. The zero-order chi connectivity index (χ0) is 9.14. The van der Waals surface area contributed by atoms with Gasteiger partial charge in [-0.25, -0.2) is 14.2 Å². The first-order valence-electron chi connectivity index (χ1n) is 3.58. The van der Waals surface area contributed by atoms with E-state index in [-0.39, 0.29) is 6.10 Å². The average molecular weight is 170 g/mol. The van der Waals surface area contributed by atoms with Gasteiger partial charge in [-0.15, -0.1) is 0 Å². The Morgan fingerprint density at radius 1 is 1.67 bits per heavy atom. The molecule has 1 heterocycles. The molecule has 0 fully saturated rings. The average Bonchev–Trinajstić information content (AvgIpc) is 2.33. The number of carbonyl (C=O) groups is 1. The number of aromatic amines is 1. The first-order valence-corrected chi connectivity index (χ1v) is 3.58. The number of ether oxygens (including phenoxy) is 1. The van der Waals surface area contributed by atoms with E-state index in [9.17, 15) is 9.59 Å². The molecule has 0 unspecified atom stereocenters. The molecule has 0 aliphatic carbocycles. The van der Waals surface area contributed by atoms with Crippen molar-refractivity contribution in [2.75, 3.05) is 0 Å². The minimum absolute atomic E-state index is 0.223. The van der Waals surface area contributed by atoms with Gasteiger partial charge in [0, 0.05) is 12.4 Å². The highest BCUT2D eigenvalue weighted by molar-refractivity contribution is 5.70. The molecule has 0 aliphatic rings. The fourth-order valence-electron chi connectivity index (χ4n) is 0.723. The number of H-pyrrole nitrogens is 1. The first kappa shape index (κ1) is 8.58. The van der Waals surface area contributed by atoms with Crippen molar-refractivity contribution in [1.82, 2.24) is 9.55 Å². The van der Waals surface area contributed by atoms with Crippen molar-refractivity contribution in [3.63, 3.8) is 0 Å². The number of hydrogen-bond acceptors (Lipinski definition) is 3. The monoisotopic (exact) mass is 170 g/mol. The molecule has 0 saturated carbocycles.